The van der Waals surface area contributed by atoms with E-state index in [0.29, 0.717) is 16.7 Å². The van der Waals surface area contributed by atoms with Crippen molar-refractivity contribution < 1.29 is 14.4 Å². The molecule has 0 bridgehead atoms. The predicted octanol–water partition coefficient (Wildman–Crippen LogP) is 2.76. The van der Waals surface area contributed by atoms with Gasteiger partial charge in [-0.1, -0.05) is 0 Å². The van der Waals surface area contributed by atoms with E-state index in [1.165, 1.54) is 6.07 Å². The smallest absolute Gasteiger partial charge is 0.282 e. The van der Waals surface area contributed by atoms with Gasteiger partial charge in [-0.2, -0.15) is 0 Å². The van der Waals surface area contributed by atoms with Gasteiger partial charge in [0.2, 0.25) is 0 Å². The molecule has 6 nitrogen and oxygen atoms in total. The van der Waals surface area contributed by atoms with Crippen molar-refractivity contribution in [3.63, 3.8) is 0 Å². The van der Waals surface area contributed by atoms with Crippen molar-refractivity contribution in [1.82, 2.24) is 0 Å². The lowest BCUT2D eigenvalue weighted by Gasteiger charge is -2.17. The molecular weight excluding hydrogens is 363 g/mol. The van der Waals surface area contributed by atoms with E-state index in [1.54, 1.807) is 12.1 Å². The van der Waals surface area contributed by atoms with Crippen LogP contribution in [0.3, 0.4) is 0 Å². The van der Waals surface area contributed by atoms with Gasteiger partial charge < -0.3 is 14.8 Å². The first-order valence-corrected chi connectivity index (χ1v) is 6.95. The fourth-order valence-corrected chi connectivity index (χ4v) is 2.57. The number of benzene rings is 1. The summed E-state index contributed by atoms with van der Waals surface area (Å²) in [6, 6.07) is 4.95. The quantitative estimate of drug-likeness (QED) is 0.496. The van der Waals surface area contributed by atoms with E-state index in [9.17, 15) is 10.1 Å². The Balaban J connectivity index is 1.94. The average molecular weight is 378 g/mol. The maximum Gasteiger partial charge on any atom is 0.282 e. The lowest BCUT2D eigenvalue weighted by atomic mass is 10.2. The summed E-state index contributed by atoms with van der Waals surface area (Å²) < 4.78 is 11.7. The molecule has 0 aromatic heterocycles. The Morgan fingerprint density at radius 1 is 1.58 bits per heavy atom. The molecular formula is C12H15IN2O4. The van der Waals surface area contributed by atoms with Crippen LogP contribution < -0.4 is 5.32 Å². The highest BCUT2D eigenvalue weighted by molar-refractivity contribution is 14.1. The Hall–Kier alpha value is -0.930. The van der Waals surface area contributed by atoms with Gasteiger partial charge in [0.1, 0.15) is 6.10 Å². The van der Waals surface area contributed by atoms with Gasteiger partial charge >= 0.3 is 0 Å². The zero-order valence-corrected chi connectivity index (χ0v) is 12.8. The molecule has 1 aliphatic heterocycles. The van der Waals surface area contributed by atoms with Gasteiger partial charge in [0.25, 0.3) is 5.69 Å². The molecule has 0 radical (unpaired) electrons. The van der Waals surface area contributed by atoms with Gasteiger partial charge in [-0.15, -0.1) is 0 Å². The van der Waals surface area contributed by atoms with Gasteiger partial charge in [-0.25, -0.2) is 0 Å². The van der Waals surface area contributed by atoms with E-state index in [4.69, 9.17) is 9.47 Å². The van der Waals surface area contributed by atoms with E-state index >= 15 is 0 Å². The molecule has 1 N–H and O–H groups in total. The second-order valence-electron chi connectivity index (χ2n) is 4.75. The summed E-state index contributed by atoms with van der Waals surface area (Å²) in [4.78, 5) is 10.3. The second-order valence-corrected chi connectivity index (χ2v) is 5.92. The van der Waals surface area contributed by atoms with Gasteiger partial charge in [-0.3, -0.25) is 10.1 Å². The number of ether oxygens (including phenoxy) is 2. The summed E-state index contributed by atoms with van der Waals surface area (Å²) in [5.74, 6) is -0.532. The van der Waals surface area contributed by atoms with Crippen molar-refractivity contribution in [3.05, 3.63) is 31.9 Å². The fraction of sp³-hybridized carbons (Fsp3) is 0.500. The number of halogens is 1. The van der Waals surface area contributed by atoms with Gasteiger partial charge in [0.05, 0.1) is 15.1 Å². The first kappa shape index (κ1) is 14.5. The zero-order chi connectivity index (χ0) is 14.0. The maximum atomic E-state index is 10.7. The highest BCUT2D eigenvalue weighted by Gasteiger charge is 2.32. The van der Waals surface area contributed by atoms with Crippen molar-refractivity contribution in [3.8, 4) is 0 Å². The molecule has 1 aliphatic rings. The summed E-state index contributed by atoms with van der Waals surface area (Å²) >= 11 is 1.96. The minimum Gasteiger partial charge on any atom is -0.382 e. The van der Waals surface area contributed by atoms with Crippen LogP contribution in [0.15, 0.2) is 18.2 Å². The molecule has 0 amide bonds. The van der Waals surface area contributed by atoms with Crippen LogP contribution in [0.25, 0.3) is 0 Å². The number of nitro benzene ring substituents is 1. The number of nitrogens with zero attached hydrogens (tertiary/aromatic N) is 1. The van der Waals surface area contributed by atoms with Crippen LogP contribution in [-0.2, 0) is 9.47 Å². The number of anilines is 1. The zero-order valence-electron chi connectivity index (χ0n) is 10.7. The van der Waals surface area contributed by atoms with Crippen LogP contribution in [0.1, 0.15) is 13.8 Å². The van der Waals surface area contributed by atoms with Gasteiger partial charge in [-0.05, 0) is 48.6 Å². The van der Waals surface area contributed by atoms with E-state index in [1.807, 2.05) is 36.4 Å². The average Bonchev–Trinajstić information content (AvgIpc) is 2.66. The third-order valence-electron chi connectivity index (χ3n) is 2.75. The number of hydrogen-bond acceptors (Lipinski definition) is 5. The summed E-state index contributed by atoms with van der Waals surface area (Å²) in [5, 5.41) is 13.9. The fourth-order valence-electron chi connectivity index (χ4n) is 1.86. The summed E-state index contributed by atoms with van der Waals surface area (Å²) in [6.45, 7) is 4.91. The van der Waals surface area contributed by atoms with Crippen LogP contribution >= 0.6 is 22.6 Å². The largest absolute Gasteiger partial charge is 0.382 e. The Bertz CT molecular complexity index is 493. The molecule has 1 fully saturated rings. The molecule has 0 spiro atoms. The molecule has 1 atom stereocenters. The molecule has 104 valence electrons. The van der Waals surface area contributed by atoms with Crippen LogP contribution in [0, 0.1) is 13.7 Å². The molecule has 1 heterocycles. The number of hydrogen-bond donors (Lipinski definition) is 1. The Kier molecular flexibility index (Phi) is 4.26. The lowest BCUT2D eigenvalue weighted by molar-refractivity contribution is -0.385. The highest BCUT2D eigenvalue weighted by atomic mass is 127. The molecule has 0 aliphatic carbocycles. The molecule has 7 heteroatoms. The highest BCUT2D eigenvalue weighted by Crippen LogP contribution is 2.25. The van der Waals surface area contributed by atoms with Crippen molar-refractivity contribution >= 4 is 34.0 Å². The van der Waals surface area contributed by atoms with Crippen molar-refractivity contribution in [2.75, 3.05) is 18.5 Å². The monoisotopic (exact) mass is 378 g/mol. The molecule has 0 saturated carbocycles. The number of nitro groups is 1. The molecule has 1 aromatic carbocycles. The third-order valence-corrected chi connectivity index (χ3v) is 3.61. The summed E-state index contributed by atoms with van der Waals surface area (Å²) in [6.07, 6.45) is -0.0112. The Morgan fingerprint density at radius 2 is 2.32 bits per heavy atom. The van der Waals surface area contributed by atoms with Crippen LogP contribution in [0.4, 0.5) is 11.4 Å². The first-order valence-electron chi connectivity index (χ1n) is 5.87. The minimum atomic E-state index is -0.532. The minimum absolute atomic E-state index is 0.0112. The molecule has 1 aromatic rings. The van der Waals surface area contributed by atoms with Gasteiger partial charge in [0, 0.05) is 18.3 Å². The molecule has 1 saturated heterocycles. The second kappa shape index (κ2) is 5.59. The number of nitrogens with one attached hydrogen (secondary N) is 1. The van der Waals surface area contributed by atoms with Crippen molar-refractivity contribution in [2.24, 2.45) is 0 Å². The Labute approximate surface area is 124 Å². The first-order chi connectivity index (χ1) is 8.87. The molecule has 19 heavy (non-hydrogen) atoms. The third kappa shape index (κ3) is 3.77. The maximum absolute atomic E-state index is 10.7. The van der Waals surface area contributed by atoms with Crippen LogP contribution in [0.5, 0.6) is 0 Å². The Morgan fingerprint density at radius 3 is 2.84 bits per heavy atom. The molecule has 2 rings (SSSR count). The van der Waals surface area contributed by atoms with E-state index in [2.05, 4.69) is 5.32 Å². The standard InChI is InChI=1S/C12H15IN2O4/c1-12(2)18-7-9(19-12)6-14-8-3-4-11(15(16)17)10(13)5-8/h3-5,9,14H,6-7H2,1-2H3. The van der Waals surface area contributed by atoms with Crippen LogP contribution in [-0.4, -0.2) is 30.0 Å². The normalized spacial score (nSPS) is 21.3. The topological polar surface area (TPSA) is 73.6 Å². The number of rotatable bonds is 4. The lowest BCUT2D eigenvalue weighted by Crippen LogP contribution is -2.26. The predicted molar refractivity (Wildman–Crippen MR) is 79.2 cm³/mol. The van der Waals surface area contributed by atoms with Crippen LogP contribution in [0.2, 0.25) is 0 Å². The van der Waals surface area contributed by atoms with Crippen molar-refractivity contribution in [2.45, 2.75) is 25.7 Å². The van der Waals surface area contributed by atoms with Gasteiger partial charge in [0.15, 0.2) is 5.79 Å². The van der Waals surface area contributed by atoms with E-state index in [0.717, 1.165) is 5.69 Å². The van der Waals surface area contributed by atoms with E-state index < -0.39 is 5.79 Å². The van der Waals surface area contributed by atoms with E-state index in [-0.39, 0.29) is 16.7 Å². The summed E-state index contributed by atoms with van der Waals surface area (Å²) in [7, 11) is 0. The summed E-state index contributed by atoms with van der Waals surface area (Å²) in [5.41, 5.74) is 0.955. The van der Waals surface area contributed by atoms with Crippen molar-refractivity contribution in [1.29, 1.82) is 0 Å². The SMILES string of the molecule is CC1(C)OCC(CNc2ccc([N+](=O)[O-])c(I)c2)O1. The molecule has 1 unspecified atom stereocenters.